The van der Waals surface area contributed by atoms with Gasteiger partial charge in [-0.15, -0.1) is 0 Å². The highest BCUT2D eigenvalue weighted by Crippen LogP contribution is 2.25. The minimum absolute atomic E-state index is 0.0691. The average molecular weight is 137 g/mol. The van der Waals surface area contributed by atoms with Gasteiger partial charge in [0.15, 0.2) is 0 Å². The molecule has 1 rings (SSSR count). The maximum atomic E-state index is 8.46. The second-order valence-electron chi connectivity index (χ2n) is 3.13. The molecule has 10 heavy (non-hydrogen) atoms. The van der Waals surface area contributed by atoms with Gasteiger partial charge in [0, 0.05) is 0 Å². The zero-order valence-corrected chi connectivity index (χ0v) is 6.35. The van der Waals surface area contributed by atoms with Crippen molar-refractivity contribution in [1.29, 1.82) is 5.26 Å². The first kappa shape index (κ1) is 7.14. The Kier molecular flexibility index (Phi) is 1.67. The van der Waals surface area contributed by atoms with Crippen molar-refractivity contribution in [2.75, 3.05) is 0 Å². The van der Waals surface area contributed by atoms with Gasteiger partial charge in [0.05, 0.1) is 17.9 Å². The maximum Gasteiger partial charge on any atom is 0.103 e. The van der Waals surface area contributed by atoms with Crippen LogP contribution in [0.1, 0.15) is 26.7 Å². The Bertz CT molecular complexity index is 198. The summed E-state index contributed by atoms with van der Waals surface area (Å²) in [5.74, 6) is 0. The second kappa shape index (κ2) is 2.34. The van der Waals surface area contributed by atoms with Gasteiger partial charge in [-0.05, 0) is 26.7 Å². The summed E-state index contributed by atoms with van der Waals surface area (Å²) in [6.07, 6.45) is 3.36. The van der Waals surface area contributed by atoms with Crippen molar-refractivity contribution >= 4 is 0 Å². The second-order valence-corrected chi connectivity index (χ2v) is 3.13. The zero-order chi connectivity index (χ0) is 7.61. The molecule has 0 N–H and O–H groups in total. The highest BCUT2D eigenvalue weighted by Gasteiger charge is 2.22. The Hall–Kier alpha value is -0.970. The molecule has 0 radical (unpaired) electrons. The Morgan fingerprint density at radius 1 is 1.70 bits per heavy atom. The lowest BCUT2D eigenvalue weighted by atomic mass is 9.97. The summed E-state index contributed by atoms with van der Waals surface area (Å²) in [4.78, 5) is 0. The van der Waals surface area contributed by atoms with Crippen molar-refractivity contribution in [2.24, 2.45) is 0 Å². The molecule has 1 aliphatic heterocycles. The Labute approximate surface area is 61.1 Å². The predicted octanol–water partition coefficient (Wildman–Crippen LogP) is 1.98. The van der Waals surface area contributed by atoms with Crippen LogP contribution in [-0.4, -0.2) is 5.60 Å². The molecule has 1 aliphatic rings. The van der Waals surface area contributed by atoms with E-state index in [4.69, 9.17) is 10.00 Å². The van der Waals surface area contributed by atoms with Crippen molar-refractivity contribution in [3.63, 3.8) is 0 Å². The third-order valence-electron chi connectivity index (χ3n) is 1.66. The third-order valence-corrected chi connectivity index (χ3v) is 1.66. The van der Waals surface area contributed by atoms with E-state index in [1.54, 1.807) is 6.26 Å². The van der Waals surface area contributed by atoms with Crippen LogP contribution in [0.2, 0.25) is 0 Å². The van der Waals surface area contributed by atoms with Crippen LogP contribution >= 0.6 is 0 Å². The number of hydrogen-bond acceptors (Lipinski definition) is 2. The number of hydrogen-bond donors (Lipinski definition) is 0. The molecule has 0 saturated heterocycles. The summed E-state index contributed by atoms with van der Waals surface area (Å²) in [6, 6.07) is 2.08. The monoisotopic (exact) mass is 137 g/mol. The first-order chi connectivity index (χ1) is 4.64. The molecule has 0 atom stereocenters. The molecule has 0 aliphatic carbocycles. The Balaban J connectivity index is 2.63. The smallest absolute Gasteiger partial charge is 0.103 e. The van der Waals surface area contributed by atoms with Crippen LogP contribution in [0.3, 0.4) is 0 Å². The molecule has 0 saturated carbocycles. The van der Waals surface area contributed by atoms with Gasteiger partial charge in [-0.1, -0.05) is 0 Å². The highest BCUT2D eigenvalue weighted by atomic mass is 16.5. The molecule has 2 heteroatoms. The van der Waals surface area contributed by atoms with Gasteiger partial charge in [0.25, 0.3) is 0 Å². The Morgan fingerprint density at radius 3 is 2.80 bits per heavy atom. The first-order valence-corrected chi connectivity index (χ1v) is 3.41. The summed E-state index contributed by atoms with van der Waals surface area (Å²) in [5, 5.41) is 8.46. The zero-order valence-electron chi connectivity index (χ0n) is 6.35. The molecule has 0 amide bonds. The van der Waals surface area contributed by atoms with E-state index in [1.165, 1.54) is 0 Å². The lowest BCUT2D eigenvalue weighted by Crippen LogP contribution is -2.24. The molecule has 0 bridgehead atoms. The average Bonchev–Trinajstić information content (AvgIpc) is 1.88. The van der Waals surface area contributed by atoms with Crippen molar-refractivity contribution in [3.05, 3.63) is 11.8 Å². The van der Waals surface area contributed by atoms with Gasteiger partial charge in [-0.2, -0.15) is 5.26 Å². The van der Waals surface area contributed by atoms with Crippen molar-refractivity contribution < 1.29 is 4.74 Å². The van der Waals surface area contributed by atoms with Crippen LogP contribution in [0.4, 0.5) is 0 Å². The maximum absolute atomic E-state index is 8.46. The van der Waals surface area contributed by atoms with E-state index in [2.05, 4.69) is 6.07 Å². The van der Waals surface area contributed by atoms with Crippen LogP contribution in [0.25, 0.3) is 0 Å². The van der Waals surface area contributed by atoms with Crippen LogP contribution < -0.4 is 0 Å². The molecular weight excluding hydrogens is 126 g/mol. The molecular formula is C8H11NO. The highest BCUT2D eigenvalue weighted by molar-refractivity contribution is 5.20. The SMILES string of the molecule is CC1(C)CCC(C#N)=CO1. The summed E-state index contributed by atoms with van der Waals surface area (Å²) in [6.45, 7) is 4.05. The summed E-state index contributed by atoms with van der Waals surface area (Å²) < 4.78 is 5.28. The molecule has 2 nitrogen and oxygen atoms in total. The fraction of sp³-hybridized carbons (Fsp3) is 0.625. The summed E-state index contributed by atoms with van der Waals surface area (Å²) in [7, 11) is 0. The fourth-order valence-electron chi connectivity index (χ4n) is 0.866. The standard InChI is InChI=1S/C8H11NO/c1-8(2)4-3-7(5-9)6-10-8/h6H,3-4H2,1-2H3. The largest absolute Gasteiger partial charge is 0.494 e. The topological polar surface area (TPSA) is 33.0 Å². The molecule has 0 aromatic carbocycles. The normalized spacial score (nSPS) is 22.3. The number of nitrogens with zero attached hydrogens (tertiary/aromatic N) is 1. The number of ether oxygens (including phenoxy) is 1. The number of allylic oxidation sites excluding steroid dienone is 1. The van der Waals surface area contributed by atoms with Gasteiger partial charge in [0.1, 0.15) is 5.60 Å². The molecule has 0 fully saturated rings. The molecule has 0 aromatic heterocycles. The summed E-state index contributed by atoms with van der Waals surface area (Å²) in [5.41, 5.74) is 0.680. The predicted molar refractivity (Wildman–Crippen MR) is 38.1 cm³/mol. The van der Waals surface area contributed by atoms with Crippen LogP contribution in [-0.2, 0) is 4.74 Å². The van der Waals surface area contributed by atoms with Crippen molar-refractivity contribution in [2.45, 2.75) is 32.3 Å². The van der Waals surface area contributed by atoms with Crippen LogP contribution in [0.5, 0.6) is 0 Å². The van der Waals surface area contributed by atoms with Gasteiger partial charge in [-0.3, -0.25) is 0 Å². The molecule has 54 valence electrons. The van der Waals surface area contributed by atoms with E-state index in [-0.39, 0.29) is 5.60 Å². The molecule has 0 aromatic rings. The van der Waals surface area contributed by atoms with E-state index in [0.717, 1.165) is 18.4 Å². The minimum atomic E-state index is -0.0691. The lowest BCUT2D eigenvalue weighted by molar-refractivity contribution is 0.0374. The van der Waals surface area contributed by atoms with E-state index in [9.17, 15) is 0 Å². The van der Waals surface area contributed by atoms with Crippen LogP contribution in [0.15, 0.2) is 11.8 Å². The Morgan fingerprint density at radius 2 is 2.40 bits per heavy atom. The quantitative estimate of drug-likeness (QED) is 0.511. The number of rotatable bonds is 0. The third kappa shape index (κ3) is 1.51. The van der Waals surface area contributed by atoms with Gasteiger partial charge in [-0.25, -0.2) is 0 Å². The van der Waals surface area contributed by atoms with E-state index in [0.29, 0.717) is 0 Å². The van der Waals surface area contributed by atoms with Gasteiger partial charge < -0.3 is 4.74 Å². The van der Waals surface area contributed by atoms with Crippen molar-refractivity contribution in [3.8, 4) is 6.07 Å². The van der Waals surface area contributed by atoms with E-state index < -0.39 is 0 Å². The van der Waals surface area contributed by atoms with E-state index >= 15 is 0 Å². The van der Waals surface area contributed by atoms with Gasteiger partial charge in [0.2, 0.25) is 0 Å². The first-order valence-electron chi connectivity index (χ1n) is 3.41. The van der Waals surface area contributed by atoms with E-state index in [1.807, 2.05) is 13.8 Å². The minimum Gasteiger partial charge on any atom is -0.494 e. The fourth-order valence-corrected chi connectivity index (χ4v) is 0.866. The lowest BCUT2D eigenvalue weighted by Gasteiger charge is -2.27. The number of nitriles is 1. The van der Waals surface area contributed by atoms with Crippen molar-refractivity contribution in [1.82, 2.24) is 0 Å². The molecule has 1 heterocycles. The van der Waals surface area contributed by atoms with Gasteiger partial charge >= 0.3 is 0 Å². The summed E-state index contributed by atoms with van der Waals surface area (Å²) >= 11 is 0. The van der Waals surface area contributed by atoms with Crippen LogP contribution in [0, 0.1) is 11.3 Å². The molecule has 0 unspecified atom stereocenters. The molecule has 0 spiro atoms.